The molecule has 142 valence electrons. The van der Waals surface area contributed by atoms with Gasteiger partial charge >= 0.3 is 0 Å². The smallest absolute Gasteiger partial charge is 0.241 e. The number of halogens is 1. The van der Waals surface area contributed by atoms with E-state index >= 15 is 0 Å². The Bertz CT molecular complexity index is 532. The molecule has 5 nitrogen and oxygen atoms in total. The van der Waals surface area contributed by atoms with Gasteiger partial charge in [0.15, 0.2) is 9.84 Å². The molecule has 1 saturated heterocycles. The van der Waals surface area contributed by atoms with Gasteiger partial charge in [-0.15, -0.1) is 12.4 Å². The maximum Gasteiger partial charge on any atom is 0.241 e. The Morgan fingerprint density at radius 2 is 1.83 bits per heavy atom. The van der Waals surface area contributed by atoms with Crippen LogP contribution in [0.5, 0.6) is 0 Å². The Morgan fingerprint density at radius 1 is 1.25 bits per heavy atom. The van der Waals surface area contributed by atoms with Gasteiger partial charge in [-0.3, -0.25) is 4.79 Å². The first-order valence-electron chi connectivity index (χ1n) is 8.93. The fraction of sp³-hybridized carbons (Fsp3) is 0.941. The van der Waals surface area contributed by atoms with Crippen molar-refractivity contribution in [1.82, 2.24) is 4.90 Å². The highest BCUT2D eigenvalue weighted by atomic mass is 35.5. The molecule has 1 aliphatic carbocycles. The predicted octanol–water partition coefficient (Wildman–Crippen LogP) is 2.38. The summed E-state index contributed by atoms with van der Waals surface area (Å²) in [6, 6.07) is 0. The number of rotatable bonds is 5. The van der Waals surface area contributed by atoms with Crippen molar-refractivity contribution in [2.75, 3.05) is 19.6 Å². The van der Waals surface area contributed by atoms with Gasteiger partial charge in [0, 0.05) is 13.1 Å². The molecule has 7 heteroatoms. The summed E-state index contributed by atoms with van der Waals surface area (Å²) in [6.45, 7) is 7.49. The third kappa shape index (κ3) is 4.44. The average molecular weight is 381 g/mol. The molecule has 0 bridgehead atoms. The zero-order valence-corrected chi connectivity index (χ0v) is 16.8. The van der Waals surface area contributed by atoms with E-state index in [-0.39, 0.29) is 34.9 Å². The van der Waals surface area contributed by atoms with Crippen LogP contribution in [-0.4, -0.2) is 49.4 Å². The molecule has 2 rings (SSSR count). The van der Waals surface area contributed by atoms with E-state index in [2.05, 4.69) is 6.92 Å². The van der Waals surface area contributed by atoms with E-state index in [1.165, 1.54) is 0 Å². The minimum absolute atomic E-state index is 0. The van der Waals surface area contributed by atoms with E-state index in [4.69, 9.17) is 5.73 Å². The first-order chi connectivity index (χ1) is 10.7. The molecule has 1 aliphatic heterocycles. The number of hydrogen-bond acceptors (Lipinski definition) is 4. The van der Waals surface area contributed by atoms with Gasteiger partial charge in [0.05, 0.1) is 5.25 Å². The molecule has 0 aromatic carbocycles. The molecule has 2 unspecified atom stereocenters. The van der Waals surface area contributed by atoms with Gasteiger partial charge < -0.3 is 10.6 Å². The van der Waals surface area contributed by atoms with Crippen LogP contribution in [0.25, 0.3) is 0 Å². The van der Waals surface area contributed by atoms with Crippen molar-refractivity contribution in [1.29, 1.82) is 0 Å². The van der Waals surface area contributed by atoms with Crippen LogP contribution in [0.4, 0.5) is 0 Å². The van der Waals surface area contributed by atoms with E-state index in [0.717, 1.165) is 25.7 Å². The molecule has 1 heterocycles. The van der Waals surface area contributed by atoms with Gasteiger partial charge in [0.1, 0.15) is 5.25 Å². The molecule has 1 saturated carbocycles. The predicted molar refractivity (Wildman–Crippen MR) is 100 cm³/mol. The van der Waals surface area contributed by atoms with Crippen molar-refractivity contribution in [3.05, 3.63) is 0 Å². The Balaban J connectivity index is 0.00000288. The van der Waals surface area contributed by atoms with Crippen molar-refractivity contribution in [2.24, 2.45) is 17.1 Å². The summed E-state index contributed by atoms with van der Waals surface area (Å²) in [5, 5.41) is -1.23. The third-order valence-electron chi connectivity index (χ3n) is 5.58. The second kappa shape index (κ2) is 8.37. The average Bonchev–Trinajstić information content (AvgIpc) is 2.91. The lowest BCUT2D eigenvalue weighted by atomic mass is 9.90. The molecule has 24 heavy (non-hydrogen) atoms. The number of nitrogens with zero attached hydrogens (tertiary/aromatic N) is 1. The van der Waals surface area contributed by atoms with Crippen LogP contribution < -0.4 is 5.73 Å². The van der Waals surface area contributed by atoms with E-state index in [9.17, 15) is 13.2 Å². The number of carbonyl (C=O) groups excluding carboxylic acids is 1. The highest BCUT2D eigenvalue weighted by Gasteiger charge is 2.45. The van der Waals surface area contributed by atoms with Gasteiger partial charge in [0.2, 0.25) is 5.91 Å². The number of nitrogens with two attached hydrogens (primary N) is 1. The standard InChI is InChI=1S/C17H32N2O3S.ClH/c1-13(2)15(23(21,22)14-7-5-4-6-8-14)16(20)19-10-9-17(3,11-18)12-19;/h13-15H,4-12,18H2,1-3H3;1H. The van der Waals surface area contributed by atoms with Gasteiger partial charge in [-0.1, -0.05) is 40.0 Å². The van der Waals surface area contributed by atoms with E-state index in [1.54, 1.807) is 4.90 Å². The lowest BCUT2D eigenvalue weighted by Crippen LogP contribution is -2.49. The summed E-state index contributed by atoms with van der Waals surface area (Å²) >= 11 is 0. The maximum atomic E-state index is 13.1. The number of sulfone groups is 1. The summed E-state index contributed by atoms with van der Waals surface area (Å²) in [4.78, 5) is 14.7. The monoisotopic (exact) mass is 380 g/mol. The van der Waals surface area contributed by atoms with E-state index in [0.29, 0.717) is 32.5 Å². The molecule has 2 atom stereocenters. The van der Waals surface area contributed by atoms with Gasteiger partial charge in [-0.2, -0.15) is 0 Å². The maximum absolute atomic E-state index is 13.1. The quantitative estimate of drug-likeness (QED) is 0.793. The van der Waals surface area contributed by atoms with Crippen LogP contribution in [0.15, 0.2) is 0 Å². The first-order valence-corrected chi connectivity index (χ1v) is 10.5. The fourth-order valence-electron chi connectivity index (χ4n) is 3.96. The van der Waals surface area contributed by atoms with Crippen LogP contribution in [0.3, 0.4) is 0 Å². The van der Waals surface area contributed by atoms with Crippen LogP contribution >= 0.6 is 12.4 Å². The Kier molecular flexibility index (Phi) is 7.57. The SMILES string of the molecule is CC(C)C(C(=O)N1CCC(C)(CN)C1)S(=O)(=O)C1CCCCC1.Cl. The summed E-state index contributed by atoms with van der Waals surface area (Å²) in [5.74, 6) is -0.401. The van der Waals surface area contributed by atoms with Gasteiger partial charge in [-0.05, 0) is 37.1 Å². The largest absolute Gasteiger partial charge is 0.341 e. The zero-order chi connectivity index (χ0) is 17.3. The Morgan fingerprint density at radius 3 is 2.29 bits per heavy atom. The Labute approximate surface area is 153 Å². The highest BCUT2D eigenvalue weighted by Crippen LogP contribution is 2.33. The molecule has 0 aromatic heterocycles. The second-order valence-electron chi connectivity index (χ2n) is 8.04. The third-order valence-corrected chi connectivity index (χ3v) is 8.44. The van der Waals surface area contributed by atoms with E-state index < -0.39 is 15.1 Å². The van der Waals surface area contributed by atoms with Crippen molar-refractivity contribution >= 4 is 28.2 Å². The number of amides is 1. The van der Waals surface area contributed by atoms with Crippen LogP contribution in [0.2, 0.25) is 0 Å². The highest BCUT2D eigenvalue weighted by molar-refractivity contribution is 7.93. The molecule has 1 amide bonds. The van der Waals surface area contributed by atoms with Crippen LogP contribution in [0.1, 0.15) is 59.3 Å². The molecular weight excluding hydrogens is 348 g/mol. The second-order valence-corrected chi connectivity index (χ2v) is 10.4. The van der Waals surface area contributed by atoms with Crippen molar-refractivity contribution in [3.8, 4) is 0 Å². The molecule has 0 aromatic rings. The molecule has 2 aliphatic rings. The summed E-state index contributed by atoms with van der Waals surface area (Å²) in [7, 11) is -3.43. The molecule has 2 N–H and O–H groups in total. The minimum Gasteiger partial charge on any atom is -0.341 e. The number of hydrogen-bond donors (Lipinski definition) is 1. The molecule has 0 spiro atoms. The molecule has 2 fully saturated rings. The number of carbonyl (C=O) groups is 1. The first kappa shape index (κ1) is 21.7. The fourth-order valence-corrected chi connectivity index (χ4v) is 6.56. The minimum atomic E-state index is -3.43. The topological polar surface area (TPSA) is 80.5 Å². The van der Waals surface area contributed by atoms with Crippen molar-refractivity contribution in [2.45, 2.75) is 69.8 Å². The lowest BCUT2D eigenvalue weighted by molar-refractivity contribution is -0.130. The zero-order valence-electron chi connectivity index (χ0n) is 15.2. The lowest BCUT2D eigenvalue weighted by Gasteiger charge is -2.31. The molecular formula is C17H33ClN2O3S. The Hall–Kier alpha value is -0.330. The normalized spacial score (nSPS) is 27.1. The van der Waals surface area contributed by atoms with Crippen molar-refractivity contribution < 1.29 is 13.2 Å². The van der Waals surface area contributed by atoms with Gasteiger partial charge in [0.25, 0.3) is 0 Å². The summed E-state index contributed by atoms with van der Waals surface area (Å²) in [5.41, 5.74) is 5.74. The number of likely N-dealkylation sites (tertiary alicyclic amines) is 1. The van der Waals surface area contributed by atoms with Crippen LogP contribution in [-0.2, 0) is 14.6 Å². The molecule has 0 radical (unpaired) electrons. The van der Waals surface area contributed by atoms with Crippen molar-refractivity contribution in [3.63, 3.8) is 0 Å². The summed E-state index contributed by atoms with van der Waals surface area (Å²) < 4.78 is 26.2. The van der Waals surface area contributed by atoms with Crippen LogP contribution in [0, 0.1) is 11.3 Å². The summed E-state index contributed by atoms with van der Waals surface area (Å²) in [6.07, 6.45) is 5.28. The van der Waals surface area contributed by atoms with E-state index in [1.807, 2.05) is 13.8 Å². The van der Waals surface area contributed by atoms with Gasteiger partial charge in [-0.25, -0.2) is 8.42 Å².